The number of fused-ring (bicyclic) bond motifs is 2. The van der Waals surface area contributed by atoms with Crippen molar-refractivity contribution >= 4 is 11.8 Å². The summed E-state index contributed by atoms with van der Waals surface area (Å²) in [6.07, 6.45) is 2.40. The highest BCUT2D eigenvalue weighted by molar-refractivity contribution is 5.96. The number of benzene rings is 1. The maximum Gasteiger partial charge on any atom is 0.268 e. The number of rotatable bonds is 2. The van der Waals surface area contributed by atoms with E-state index < -0.39 is 11.4 Å². The number of hydrogen-bond acceptors (Lipinski definition) is 4. The highest BCUT2D eigenvalue weighted by Crippen LogP contribution is 2.41. The SMILES string of the molecule is CC(=O)N1CCc2c(cn(-c3ccc(F)cc3)c(=O)c2C(=O)N2C[C@@H]3C[C@H](O)[C@@H]3C2)C1. The minimum atomic E-state index is -0.438. The van der Waals surface area contributed by atoms with Crippen molar-refractivity contribution < 1.29 is 19.1 Å². The molecule has 1 saturated heterocycles. The zero-order chi connectivity index (χ0) is 21.9. The molecule has 0 unspecified atom stereocenters. The summed E-state index contributed by atoms with van der Waals surface area (Å²) >= 11 is 0. The van der Waals surface area contributed by atoms with Gasteiger partial charge in [0.1, 0.15) is 11.4 Å². The fraction of sp³-hybridized carbons (Fsp3) is 0.435. The van der Waals surface area contributed by atoms with E-state index in [1.165, 1.54) is 35.8 Å². The third kappa shape index (κ3) is 3.26. The van der Waals surface area contributed by atoms with Gasteiger partial charge in [0.15, 0.2) is 0 Å². The van der Waals surface area contributed by atoms with Crippen molar-refractivity contribution in [3.05, 3.63) is 63.3 Å². The highest BCUT2D eigenvalue weighted by atomic mass is 19.1. The standard InChI is InChI=1S/C23H24FN3O4/c1-13(28)25-7-6-18-15(10-25)11-27(17-4-2-16(24)3-5-17)23(31)21(18)22(30)26-9-14-8-20(29)19(14)12-26/h2-5,11,14,19-20,29H,6-10,12H2,1H3/t14-,19+,20-/m0/s1. The normalized spacial score (nSPS) is 24.4. The van der Waals surface area contributed by atoms with Crippen LogP contribution in [0.2, 0.25) is 0 Å². The predicted molar refractivity (Wildman–Crippen MR) is 110 cm³/mol. The molecule has 162 valence electrons. The molecule has 8 heteroatoms. The van der Waals surface area contributed by atoms with Gasteiger partial charge in [-0.1, -0.05) is 0 Å². The second-order valence-corrected chi connectivity index (χ2v) is 8.79. The molecule has 1 aliphatic carbocycles. The maximum atomic E-state index is 13.5. The van der Waals surface area contributed by atoms with Gasteiger partial charge in [0.25, 0.3) is 11.5 Å². The number of likely N-dealkylation sites (tertiary alicyclic amines) is 1. The third-order valence-corrected chi connectivity index (χ3v) is 6.98. The monoisotopic (exact) mass is 425 g/mol. The van der Waals surface area contributed by atoms with Crippen molar-refractivity contribution in [2.75, 3.05) is 19.6 Å². The van der Waals surface area contributed by atoms with Gasteiger partial charge in [-0.15, -0.1) is 0 Å². The van der Waals surface area contributed by atoms with Crippen LogP contribution in [0.4, 0.5) is 4.39 Å². The second kappa shape index (κ2) is 7.30. The van der Waals surface area contributed by atoms with Gasteiger partial charge in [-0.3, -0.25) is 19.0 Å². The summed E-state index contributed by atoms with van der Waals surface area (Å²) in [5.41, 5.74) is 1.58. The zero-order valence-corrected chi connectivity index (χ0v) is 17.3. The number of aromatic nitrogens is 1. The number of aliphatic hydroxyl groups excluding tert-OH is 1. The first-order valence-electron chi connectivity index (χ1n) is 10.6. The molecule has 7 nitrogen and oxygen atoms in total. The molecule has 0 bridgehead atoms. The van der Waals surface area contributed by atoms with Gasteiger partial charge >= 0.3 is 0 Å². The fourth-order valence-electron chi connectivity index (χ4n) is 5.13. The lowest BCUT2D eigenvalue weighted by molar-refractivity contribution is -0.129. The molecule has 2 aromatic rings. The van der Waals surface area contributed by atoms with E-state index in [2.05, 4.69) is 0 Å². The molecule has 1 N–H and O–H groups in total. The molecule has 5 rings (SSSR count). The Bertz CT molecular complexity index is 1130. The minimum Gasteiger partial charge on any atom is -0.393 e. The van der Waals surface area contributed by atoms with Gasteiger partial charge in [-0.05, 0) is 54.2 Å². The van der Waals surface area contributed by atoms with E-state index >= 15 is 0 Å². The average molecular weight is 425 g/mol. The van der Waals surface area contributed by atoms with E-state index in [1.807, 2.05) is 0 Å². The lowest BCUT2D eigenvalue weighted by atomic mass is 9.74. The number of aliphatic hydroxyl groups is 1. The highest BCUT2D eigenvalue weighted by Gasteiger charge is 2.48. The minimum absolute atomic E-state index is 0.0665. The van der Waals surface area contributed by atoms with Crippen LogP contribution in [0.5, 0.6) is 0 Å². The van der Waals surface area contributed by atoms with Crippen molar-refractivity contribution in [1.29, 1.82) is 0 Å². The summed E-state index contributed by atoms with van der Waals surface area (Å²) in [6.45, 7) is 3.25. The summed E-state index contributed by atoms with van der Waals surface area (Å²) < 4.78 is 14.8. The van der Waals surface area contributed by atoms with Gasteiger partial charge in [-0.25, -0.2) is 4.39 Å². The quantitative estimate of drug-likeness (QED) is 0.787. The van der Waals surface area contributed by atoms with Crippen LogP contribution in [0.3, 0.4) is 0 Å². The van der Waals surface area contributed by atoms with Gasteiger partial charge in [0.2, 0.25) is 5.91 Å². The van der Waals surface area contributed by atoms with Gasteiger partial charge in [0.05, 0.1) is 6.10 Å². The Labute approximate surface area is 178 Å². The number of halogens is 1. The van der Waals surface area contributed by atoms with Crippen LogP contribution < -0.4 is 5.56 Å². The zero-order valence-electron chi connectivity index (χ0n) is 17.3. The number of pyridine rings is 1. The molecule has 2 amide bonds. The summed E-state index contributed by atoms with van der Waals surface area (Å²) in [4.78, 5) is 42.3. The first-order valence-corrected chi connectivity index (χ1v) is 10.6. The number of nitrogens with zero attached hydrogens (tertiary/aromatic N) is 3. The first kappa shape index (κ1) is 19.9. The first-order chi connectivity index (χ1) is 14.8. The maximum absolute atomic E-state index is 13.5. The third-order valence-electron chi connectivity index (χ3n) is 6.98. The van der Waals surface area contributed by atoms with Crippen LogP contribution in [-0.2, 0) is 17.8 Å². The summed E-state index contributed by atoms with van der Waals surface area (Å²) in [5.74, 6) is -0.444. The molecule has 1 aromatic carbocycles. The molecule has 3 aliphatic rings. The number of carbonyl (C=O) groups excluding carboxylic acids is 2. The van der Waals surface area contributed by atoms with E-state index in [0.29, 0.717) is 50.3 Å². The number of carbonyl (C=O) groups is 2. The summed E-state index contributed by atoms with van der Waals surface area (Å²) in [6, 6.07) is 5.53. The molecule has 31 heavy (non-hydrogen) atoms. The Morgan fingerprint density at radius 1 is 1.13 bits per heavy atom. The lowest BCUT2D eigenvalue weighted by Crippen LogP contribution is -2.41. The van der Waals surface area contributed by atoms with Gasteiger partial charge in [0, 0.05) is 50.9 Å². The van der Waals surface area contributed by atoms with E-state index in [1.54, 1.807) is 16.0 Å². The Hall–Kier alpha value is -3.00. The van der Waals surface area contributed by atoms with E-state index in [4.69, 9.17) is 0 Å². The van der Waals surface area contributed by atoms with Crippen molar-refractivity contribution in [2.24, 2.45) is 11.8 Å². The predicted octanol–water partition coefficient (Wildman–Crippen LogP) is 1.33. The Morgan fingerprint density at radius 2 is 1.87 bits per heavy atom. The van der Waals surface area contributed by atoms with Crippen LogP contribution in [-0.4, -0.2) is 57.0 Å². The van der Waals surface area contributed by atoms with E-state index in [9.17, 15) is 23.9 Å². The van der Waals surface area contributed by atoms with E-state index in [0.717, 1.165) is 5.56 Å². The molecule has 0 spiro atoms. The van der Waals surface area contributed by atoms with Crippen molar-refractivity contribution in [1.82, 2.24) is 14.4 Å². The molecule has 3 atom stereocenters. The number of amides is 2. The second-order valence-electron chi connectivity index (χ2n) is 8.79. The smallest absolute Gasteiger partial charge is 0.268 e. The largest absolute Gasteiger partial charge is 0.393 e. The van der Waals surface area contributed by atoms with Crippen LogP contribution in [0.15, 0.2) is 35.3 Å². The average Bonchev–Trinajstić information content (AvgIpc) is 3.10. The Balaban J connectivity index is 1.60. The Kier molecular flexibility index (Phi) is 4.69. The lowest BCUT2D eigenvalue weighted by Gasteiger charge is -2.34. The topological polar surface area (TPSA) is 82.9 Å². The van der Waals surface area contributed by atoms with Crippen LogP contribution in [0, 0.1) is 17.7 Å². The van der Waals surface area contributed by atoms with Crippen molar-refractivity contribution in [3.8, 4) is 5.69 Å². The molecule has 1 aromatic heterocycles. The molecule has 2 aliphatic heterocycles. The van der Waals surface area contributed by atoms with Crippen LogP contribution in [0.1, 0.15) is 34.8 Å². The molecule has 0 radical (unpaired) electrons. The summed E-state index contributed by atoms with van der Waals surface area (Å²) in [5, 5.41) is 9.96. The summed E-state index contributed by atoms with van der Waals surface area (Å²) in [7, 11) is 0. The van der Waals surface area contributed by atoms with Crippen molar-refractivity contribution in [3.63, 3.8) is 0 Å². The van der Waals surface area contributed by atoms with Crippen LogP contribution >= 0.6 is 0 Å². The number of hydrogen-bond donors (Lipinski definition) is 1. The van der Waals surface area contributed by atoms with E-state index in [-0.39, 0.29) is 35.3 Å². The molecule has 3 heterocycles. The Morgan fingerprint density at radius 3 is 2.52 bits per heavy atom. The fourth-order valence-corrected chi connectivity index (χ4v) is 5.13. The van der Waals surface area contributed by atoms with Gasteiger partial charge < -0.3 is 14.9 Å². The molecule has 2 fully saturated rings. The van der Waals surface area contributed by atoms with Crippen LogP contribution in [0.25, 0.3) is 5.69 Å². The molecule has 1 saturated carbocycles. The molecular formula is C23H24FN3O4. The van der Waals surface area contributed by atoms with Gasteiger partial charge in [-0.2, -0.15) is 0 Å². The molecular weight excluding hydrogens is 401 g/mol. The van der Waals surface area contributed by atoms with Crippen molar-refractivity contribution in [2.45, 2.75) is 32.4 Å².